The van der Waals surface area contributed by atoms with Crippen LogP contribution in [0, 0.1) is 0 Å². The smallest absolute Gasteiger partial charge is 0.419 e. The number of fused-ring (bicyclic) bond motifs is 3. The third-order valence-electron chi connectivity index (χ3n) is 4.51. The summed E-state index contributed by atoms with van der Waals surface area (Å²) in [4.78, 5) is 47.6. The Labute approximate surface area is 170 Å². The van der Waals surface area contributed by atoms with Gasteiger partial charge in [-0.15, -0.1) is 0 Å². The van der Waals surface area contributed by atoms with Crippen molar-refractivity contribution in [3.63, 3.8) is 0 Å². The van der Waals surface area contributed by atoms with Crippen LogP contribution in [0.25, 0.3) is 21.8 Å². The molecule has 1 aromatic heterocycles. The van der Waals surface area contributed by atoms with Crippen molar-refractivity contribution in [2.75, 3.05) is 13.3 Å². The fourth-order valence-corrected chi connectivity index (χ4v) is 3.21. The van der Waals surface area contributed by atoms with Gasteiger partial charge in [0.25, 0.3) is 5.91 Å². The van der Waals surface area contributed by atoms with E-state index in [0.717, 1.165) is 0 Å². The van der Waals surface area contributed by atoms with Gasteiger partial charge in [0.15, 0.2) is 12.4 Å². The third-order valence-corrected chi connectivity index (χ3v) is 4.51. The number of carbonyl (C=O) groups excluding carboxylic acids is 4. The Morgan fingerprint density at radius 3 is 2.50 bits per heavy atom. The average molecular weight is 414 g/mol. The normalized spacial score (nSPS) is 11.9. The predicted octanol–water partition coefficient (Wildman–Crippen LogP) is 2.49. The van der Waals surface area contributed by atoms with E-state index in [1.54, 1.807) is 30.3 Å². The molecule has 0 saturated carbocycles. The van der Waals surface area contributed by atoms with E-state index in [1.165, 1.54) is 23.6 Å². The number of amides is 1. The Morgan fingerprint density at radius 1 is 1.10 bits per heavy atom. The number of benzene rings is 2. The Morgan fingerprint density at radius 2 is 1.80 bits per heavy atom. The van der Waals surface area contributed by atoms with Crippen LogP contribution in [0.2, 0.25) is 0 Å². The van der Waals surface area contributed by atoms with E-state index in [-0.39, 0.29) is 12.2 Å². The highest BCUT2D eigenvalue weighted by atomic mass is 19.1. The summed E-state index contributed by atoms with van der Waals surface area (Å²) in [7, 11) is 0. The van der Waals surface area contributed by atoms with Crippen LogP contribution in [0.4, 0.5) is 9.18 Å². The number of hydrogen-bond donors (Lipinski definition) is 2. The molecule has 156 valence electrons. The zero-order chi connectivity index (χ0) is 21.8. The highest BCUT2D eigenvalue weighted by molar-refractivity contribution is 6.12. The fraction of sp³-hybridized carbons (Fsp3) is 0.238. The molecule has 2 aromatic carbocycles. The van der Waals surface area contributed by atoms with Crippen LogP contribution in [0.1, 0.15) is 13.3 Å². The molecule has 1 amide bonds. The summed E-state index contributed by atoms with van der Waals surface area (Å²) >= 11 is 0. The number of alkyl halides is 1. The minimum Gasteiger partial charge on any atom is -0.508 e. The standard InChI is InChI=1S/C21H19FN2O6/c1-12(25)8-16(19(27)10-22)23-20(28)11-30-21(29)24-17-5-3-2-4-14(17)15-9-13(26)6-7-18(15)24/h2-7,9,16,26H,8,10-11H2,1H3,(H,23,28). The first-order valence-corrected chi connectivity index (χ1v) is 9.08. The zero-order valence-electron chi connectivity index (χ0n) is 16.1. The molecule has 0 fully saturated rings. The molecule has 1 atom stereocenters. The maximum absolute atomic E-state index is 12.7. The first-order chi connectivity index (χ1) is 14.3. The van der Waals surface area contributed by atoms with Gasteiger partial charge in [-0.1, -0.05) is 18.2 Å². The molecule has 0 aliphatic rings. The lowest BCUT2D eigenvalue weighted by Crippen LogP contribution is -2.44. The van der Waals surface area contributed by atoms with Gasteiger partial charge in [-0.2, -0.15) is 0 Å². The molecule has 0 aliphatic heterocycles. The number of aromatic nitrogens is 1. The van der Waals surface area contributed by atoms with Gasteiger partial charge in [0.05, 0.1) is 17.1 Å². The Hall–Kier alpha value is -3.75. The lowest BCUT2D eigenvalue weighted by Gasteiger charge is -2.15. The number of ketones is 2. The summed E-state index contributed by atoms with van der Waals surface area (Å²) in [6.07, 6.45) is -1.19. The summed E-state index contributed by atoms with van der Waals surface area (Å²) < 4.78 is 19.0. The largest absolute Gasteiger partial charge is 0.508 e. The van der Waals surface area contributed by atoms with E-state index in [2.05, 4.69) is 5.32 Å². The van der Waals surface area contributed by atoms with Crippen LogP contribution in [0.3, 0.4) is 0 Å². The minimum atomic E-state index is -1.33. The maximum atomic E-state index is 12.7. The number of rotatable bonds is 7. The fourth-order valence-electron chi connectivity index (χ4n) is 3.21. The van der Waals surface area contributed by atoms with Crippen molar-refractivity contribution >= 4 is 45.4 Å². The van der Waals surface area contributed by atoms with Gasteiger partial charge in [0.2, 0.25) is 0 Å². The number of ether oxygens (including phenoxy) is 1. The van der Waals surface area contributed by atoms with Gasteiger partial charge in [0, 0.05) is 17.2 Å². The summed E-state index contributed by atoms with van der Waals surface area (Å²) in [6, 6.07) is 10.2. The van der Waals surface area contributed by atoms with Crippen molar-refractivity contribution in [3.8, 4) is 5.75 Å². The van der Waals surface area contributed by atoms with Crippen LogP contribution in [0.5, 0.6) is 5.75 Å². The van der Waals surface area contributed by atoms with Crippen molar-refractivity contribution < 1.29 is 33.4 Å². The number of aromatic hydroxyl groups is 1. The molecular weight excluding hydrogens is 395 g/mol. The third kappa shape index (κ3) is 4.29. The number of carbonyl (C=O) groups is 4. The highest BCUT2D eigenvalue weighted by Gasteiger charge is 2.23. The van der Waals surface area contributed by atoms with Gasteiger partial charge < -0.3 is 15.2 Å². The van der Waals surface area contributed by atoms with Gasteiger partial charge >= 0.3 is 6.09 Å². The van der Waals surface area contributed by atoms with Crippen LogP contribution in [-0.4, -0.2) is 52.6 Å². The number of nitrogens with zero attached hydrogens (tertiary/aromatic N) is 1. The quantitative estimate of drug-likeness (QED) is 0.614. The molecule has 2 N–H and O–H groups in total. The number of hydrogen-bond acceptors (Lipinski definition) is 6. The predicted molar refractivity (Wildman–Crippen MR) is 106 cm³/mol. The molecule has 0 saturated heterocycles. The Balaban J connectivity index is 1.79. The van der Waals surface area contributed by atoms with Crippen molar-refractivity contribution in [1.82, 2.24) is 9.88 Å². The summed E-state index contributed by atoms with van der Waals surface area (Å²) in [5.74, 6) is -2.14. The zero-order valence-corrected chi connectivity index (χ0v) is 16.1. The van der Waals surface area contributed by atoms with Gasteiger partial charge in [0.1, 0.15) is 18.2 Å². The van der Waals surface area contributed by atoms with E-state index in [4.69, 9.17) is 4.74 Å². The molecule has 0 bridgehead atoms. The molecule has 3 aromatic rings. The molecule has 3 rings (SSSR count). The van der Waals surface area contributed by atoms with Crippen LogP contribution in [0.15, 0.2) is 42.5 Å². The molecule has 8 nitrogen and oxygen atoms in total. The van der Waals surface area contributed by atoms with Crippen LogP contribution >= 0.6 is 0 Å². The molecule has 9 heteroatoms. The lowest BCUT2D eigenvalue weighted by atomic mass is 10.1. The van der Waals surface area contributed by atoms with Gasteiger partial charge in [-0.25, -0.2) is 13.8 Å². The first kappa shape index (κ1) is 21.0. The van der Waals surface area contributed by atoms with Crippen molar-refractivity contribution in [3.05, 3.63) is 42.5 Å². The molecule has 0 radical (unpaired) electrons. The summed E-state index contributed by atoms with van der Waals surface area (Å²) in [5.41, 5.74) is 0.993. The topological polar surface area (TPSA) is 115 Å². The van der Waals surface area contributed by atoms with E-state index in [1.807, 2.05) is 0 Å². The first-order valence-electron chi connectivity index (χ1n) is 9.08. The maximum Gasteiger partial charge on any atom is 0.419 e. The molecule has 0 spiro atoms. The molecular formula is C21H19FN2O6. The summed E-state index contributed by atoms with van der Waals surface area (Å²) in [5, 5.41) is 13.3. The number of para-hydroxylation sites is 1. The van der Waals surface area contributed by atoms with Crippen molar-refractivity contribution in [2.24, 2.45) is 0 Å². The van der Waals surface area contributed by atoms with E-state index in [9.17, 15) is 28.7 Å². The van der Waals surface area contributed by atoms with Crippen molar-refractivity contribution in [1.29, 1.82) is 0 Å². The second-order valence-corrected chi connectivity index (χ2v) is 6.73. The number of halogens is 1. The van der Waals surface area contributed by atoms with E-state index in [0.29, 0.717) is 21.8 Å². The number of phenolic OH excluding ortho intramolecular Hbond substituents is 1. The van der Waals surface area contributed by atoms with Gasteiger partial charge in [-0.3, -0.25) is 14.4 Å². The van der Waals surface area contributed by atoms with E-state index < -0.39 is 42.9 Å². The second kappa shape index (κ2) is 8.73. The molecule has 1 heterocycles. The van der Waals surface area contributed by atoms with Gasteiger partial charge in [-0.05, 0) is 31.2 Å². The van der Waals surface area contributed by atoms with Crippen molar-refractivity contribution in [2.45, 2.75) is 19.4 Å². The van der Waals surface area contributed by atoms with Crippen LogP contribution in [-0.2, 0) is 19.1 Å². The monoisotopic (exact) mass is 414 g/mol. The number of nitrogens with one attached hydrogen (secondary N) is 1. The second-order valence-electron chi connectivity index (χ2n) is 6.73. The number of phenols is 1. The number of Topliss-reactive ketones (excluding diaryl/α,β-unsaturated/α-hetero) is 2. The SMILES string of the molecule is CC(=O)CC(NC(=O)COC(=O)n1c2ccccc2c2cc(O)ccc21)C(=O)CF. The van der Waals surface area contributed by atoms with Crippen LogP contribution < -0.4 is 5.32 Å². The molecule has 0 aliphatic carbocycles. The van der Waals surface area contributed by atoms with E-state index >= 15 is 0 Å². The Kier molecular flexibility index (Phi) is 6.10. The summed E-state index contributed by atoms with van der Waals surface area (Å²) in [6.45, 7) is -0.837. The lowest BCUT2D eigenvalue weighted by molar-refractivity contribution is -0.131. The average Bonchev–Trinajstić information content (AvgIpc) is 3.04. The molecule has 30 heavy (non-hydrogen) atoms. The minimum absolute atomic E-state index is 0.0344. The Bertz CT molecular complexity index is 1150. The molecule has 1 unspecified atom stereocenters. The highest BCUT2D eigenvalue weighted by Crippen LogP contribution is 2.31.